The summed E-state index contributed by atoms with van der Waals surface area (Å²) in [6, 6.07) is 10.5. The molecule has 0 radical (unpaired) electrons. The lowest BCUT2D eigenvalue weighted by Crippen LogP contribution is -2.08. The van der Waals surface area contributed by atoms with Gasteiger partial charge >= 0.3 is 0 Å². The second-order valence-electron chi connectivity index (χ2n) is 4.85. The number of carbonyl (C=O) groups is 1. The van der Waals surface area contributed by atoms with Gasteiger partial charge in [-0.3, -0.25) is 4.79 Å². The van der Waals surface area contributed by atoms with Gasteiger partial charge in [0.25, 0.3) is 0 Å². The first kappa shape index (κ1) is 14.3. The van der Waals surface area contributed by atoms with Gasteiger partial charge in [-0.25, -0.2) is 4.39 Å². The Morgan fingerprint density at radius 3 is 2.65 bits per heavy atom. The van der Waals surface area contributed by atoms with E-state index in [2.05, 4.69) is 0 Å². The van der Waals surface area contributed by atoms with Crippen LogP contribution in [-0.4, -0.2) is 12.9 Å². The Bertz CT molecular complexity index is 647. The fourth-order valence-corrected chi connectivity index (χ4v) is 2.14. The van der Waals surface area contributed by atoms with E-state index in [1.54, 1.807) is 6.07 Å². The predicted octanol–water partition coefficient (Wildman–Crippen LogP) is 3.88. The van der Waals surface area contributed by atoms with Crippen molar-refractivity contribution < 1.29 is 13.9 Å². The van der Waals surface area contributed by atoms with Crippen molar-refractivity contribution in [3.8, 4) is 5.75 Å². The standard InChI is InChI=1S/C17H17FO2/c1-11-7-8-12(2)13(9-11)10-15(19)14-5-4-6-16(20-3)17(14)18/h4-9H,10H2,1-3H3. The maximum absolute atomic E-state index is 14.1. The highest BCUT2D eigenvalue weighted by atomic mass is 19.1. The number of halogens is 1. The van der Waals surface area contributed by atoms with Crippen LogP contribution in [0.1, 0.15) is 27.0 Å². The lowest BCUT2D eigenvalue weighted by Gasteiger charge is -2.09. The minimum absolute atomic E-state index is 0.0743. The van der Waals surface area contributed by atoms with Crippen molar-refractivity contribution in [3.63, 3.8) is 0 Å². The molecule has 0 aromatic heterocycles. The van der Waals surface area contributed by atoms with E-state index in [-0.39, 0.29) is 23.5 Å². The molecule has 0 aliphatic rings. The normalized spacial score (nSPS) is 10.4. The molecular formula is C17H17FO2. The molecule has 104 valence electrons. The highest BCUT2D eigenvalue weighted by molar-refractivity contribution is 5.98. The zero-order chi connectivity index (χ0) is 14.7. The molecule has 0 aliphatic heterocycles. The second-order valence-corrected chi connectivity index (χ2v) is 4.85. The summed E-state index contributed by atoms with van der Waals surface area (Å²) in [6.45, 7) is 3.92. The summed E-state index contributed by atoms with van der Waals surface area (Å²) in [5.74, 6) is -0.739. The van der Waals surface area contributed by atoms with E-state index in [4.69, 9.17) is 4.74 Å². The highest BCUT2D eigenvalue weighted by Crippen LogP contribution is 2.22. The van der Waals surface area contributed by atoms with Gasteiger partial charge in [0, 0.05) is 6.42 Å². The first-order valence-corrected chi connectivity index (χ1v) is 6.44. The molecule has 2 rings (SSSR count). The predicted molar refractivity (Wildman–Crippen MR) is 76.9 cm³/mol. The van der Waals surface area contributed by atoms with Crippen LogP contribution in [0.15, 0.2) is 36.4 Å². The fourth-order valence-electron chi connectivity index (χ4n) is 2.14. The van der Waals surface area contributed by atoms with Crippen LogP contribution < -0.4 is 4.74 Å². The number of ether oxygens (including phenoxy) is 1. The van der Waals surface area contributed by atoms with Crippen molar-refractivity contribution in [2.75, 3.05) is 7.11 Å². The number of aryl methyl sites for hydroxylation is 2. The summed E-state index contributed by atoms with van der Waals surface area (Å²) in [5.41, 5.74) is 3.12. The van der Waals surface area contributed by atoms with Crippen molar-refractivity contribution in [2.24, 2.45) is 0 Å². The van der Waals surface area contributed by atoms with Gasteiger partial charge in [-0.05, 0) is 37.1 Å². The van der Waals surface area contributed by atoms with Gasteiger partial charge in [0.1, 0.15) is 0 Å². The molecule has 0 saturated heterocycles. The van der Waals surface area contributed by atoms with E-state index < -0.39 is 5.82 Å². The molecule has 0 heterocycles. The third kappa shape index (κ3) is 2.87. The molecule has 2 aromatic carbocycles. The summed E-state index contributed by atoms with van der Waals surface area (Å²) in [4.78, 5) is 12.3. The molecule has 20 heavy (non-hydrogen) atoms. The average Bonchev–Trinajstić information content (AvgIpc) is 2.43. The molecule has 2 aromatic rings. The first-order chi connectivity index (χ1) is 9.52. The summed E-state index contributed by atoms with van der Waals surface area (Å²) in [7, 11) is 1.39. The summed E-state index contributed by atoms with van der Waals surface area (Å²) in [5, 5.41) is 0. The number of benzene rings is 2. The Morgan fingerprint density at radius 1 is 1.20 bits per heavy atom. The van der Waals surface area contributed by atoms with Crippen LogP contribution in [0.4, 0.5) is 4.39 Å². The molecule has 0 spiro atoms. The van der Waals surface area contributed by atoms with Crippen LogP contribution in [0.3, 0.4) is 0 Å². The van der Waals surface area contributed by atoms with Crippen LogP contribution >= 0.6 is 0 Å². The number of rotatable bonds is 4. The number of Topliss-reactive ketones (excluding diaryl/α,β-unsaturated/α-hetero) is 1. The van der Waals surface area contributed by atoms with Gasteiger partial charge in [-0.2, -0.15) is 0 Å². The van der Waals surface area contributed by atoms with Gasteiger partial charge in [-0.15, -0.1) is 0 Å². The minimum Gasteiger partial charge on any atom is -0.494 e. The number of hydrogen-bond donors (Lipinski definition) is 0. The van der Waals surface area contributed by atoms with E-state index in [0.717, 1.165) is 16.7 Å². The van der Waals surface area contributed by atoms with Crippen molar-refractivity contribution in [2.45, 2.75) is 20.3 Å². The van der Waals surface area contributed by atoms with E-state index in [0.29, 0.717) is 0 Å². The Labute approximate surface area is 118 Å². The monoisotopic (exact) mass is 272 g/mol. The molecule has 0 aliphatic carbocycles. The number of methoxy groups -OCH3 is 1. The molecule has 0 atom stereocenters. The quantitative estimate of drug-likeness (QED) is 0.790. The molecular weight excluding hydrogens is 255 g/mol. The molecule has 0 unspecified atom stereocenters. The summed E-state index contributed by atoms with van der Waals surface area (Å²) in [6.07, 6.45) is 0.192. The van der Waals surface area contributed by atoms with Gasteiger partial charge < -0.3 is 4.74 Å². The van der Waals surface area contributed by atoms with Gasteiger partial charge in [0.2, 0.25) is 0 Å². The largest absolute Gasteiger partial charge is 0.494 e. The minimum atomic E-state index is -0.592. The SMILES string of the molecule is COc1cccc(C(=O)Cc2cc(C)ccc2C)c1F. The van der Waals surface area contributed by atoms with E-state index in [1.807, 2.05) is 32.0 Å². The van der Waals surface area contributed by atoms with Crippen molar-refractivity contribution in [1.29, 1.82) is 0 Å². The molecule has 0 amide bonds. The van der Waals surface area contributed by atoms with E-state index in [1.165, 1.54) is 19.2 Å². The number of ketones is 1. The van der Waals surface area contributed by atoms with Gasteiger partial charge in [0.05, 0.1) is 12.7 Å². The second kappa shape index (κ2) is 5.87. The molecule has 0 bridgehead atoms. The van der Waals surface area contributed by atoms with Crippen molar-refractivity contribution in [3.05, 3.63) is 64.5 Å². The van der Waals surface area contributed by atoms with Crippen molar-refractivity contribution in [1.82, 2.24) is 0 Å². The molecule has 0 N–H and O–H groups in total. The Balaban J connectivity index is 2.31. The van der Waals surface area contributed by atoms with Crippen LogP contribution in [0.25, 0.3) is 0 Å². The maximum atomic E-state index is 14.1. The molecule has 0 fully saturated rings. The lowest BCUT2D eigenvalue weighted by molar-refractivity contribution is 0.0988. The lowest BCUT2D eigenvalue weighted by atomic mass is 9.97. The Hall–Kier alpha value is -2.16. The first-order valence-electron chi connectivity index (χ1n) is 6.44. The summed E-state index contributed by atoms with van der Waals surface area (Å²) >= 11 is 0. The summed E-state index contributed by atoms with van der Waals surface area (Å²) < 4.78 is 19.0. The Morgan fingerprint density at radius 2 is 1.95 bits per heavy atom. The van der Waals surface area contributed by atoms with Gasteiger partial charge in [-0.1, -0.05) is 29.8 Å². The van der Waals surface area contributed by atoms with E-state index in [9.17, 15) is 9.18 Å². The van der Waals surface area contributed by atoms with E-state index >= 15 is 0 Å². The zero-order valence-electron chi connectivity index (χ0n) is 11.9. The van der Waals surface area contributed by atoms with Crippen LogP contribution in [0, 0.1) is 19.7 Å². The van der Waals surface area contributed by atoms with Crippen molar-refractivity contribution >= 4 is 5.78 Å². The Kier molecular flexibility index (Phi) is 4.18. The fraction of sp³-hybridized carbons (Fsp3) is 0.235. The topological polar surface area (TPSA) is 26.3 Å². The molecule has 3 heteroatoms. The zero-order valence-corrected chi connectivity index (χ0v) is 11.9. The number of hydrogen-bond acceptors (Lipinski definition) is 2. The van der Waals surface area contributed by atoms with Crippen LogP contribution in [0.5, 0.6) is 5.75 Å². The smallest absolute Gasteiger partial charge is 0.175 e. The molecule has 2 nitrogen and oxygen atoms in total. The highest BCUT2D eigenvalue weighted by Gasteiger charge is 2.16. The van der Waals surface area contributed by atoms with Crippen LogP contribution in [0.2, 0.25) is 0 Å². The third-order valence-electron chi connectivity index (χ3n) is 3.34. The molecule has 0 saturated carbocycles. The van der Waals surface area contributed by atoms with Crippen LogP contribution in [-0.2, 0) is 6.42 Å². The average molecular weight is 272 g/mol. The maximum Gasteiger partial charge on any atom is 0.175 e. The third-order valence-corrected chi connectivity index (χ3v) is 3.34. The number of carbonyl (C=O) groups excluding carboxylic acids is 1. The van der Waals surface area contributed by atoms with Gasteiger partial charge in [0.15, 0.2) is 17.3 Å².